The third-order valence-electron chi connectivity index (χ3n) is 18.2. The maximum Gasteiger partial charge on any atom is 0.0900 e. The van der Waals surface area contributed by atoms with E-state index in [1.54, 1.807) is 0 Å². The van der Waals surface area contributed by atoms with Gasteiger partial charge in [0.15, 0.2) is 0 Å². The quantitative estimate of drug-likeness (QED) is 0.0607. The average Bonchev–Trinajstić information content (AvgIpc) is 0.720. The molecule has 0 saturated carbocycles. The van der Waals surface area contributed by atoms with Crippen molar-refractivity contribution < 1.29 is 0 Å². The summed E-state index contributed by atoms with van der Waals surface area (Å²) in [6.07, 6.45) is 0. The second-order valence-electron chi connectivity index (χ2n) is 24.8. The maximum atomic E-state index is 5.90. The smallest absolute Gasteiger partial charge is 0.0900 e. The maximum absolute atomic E-state index is 5.90. The molecule has 0 fully saturated rings. The zero-order chi connectivity index (χ0) is 68.2. The monoisotopic (exact) mass is 1300 g/mol. The van der Waals surface area contributed by atoms with E-state index < -0.39 is 0 Å². The van der Waals surface area contributed by atoms with E-state index in [9.17, 15) is 0 Å². The summed E-state index contributed by atoms with van der Waals surface area (Å²) < 4.78 is 0. The fourth-order valence-electron chi connectivity index (χ4n) is 13.3. The van der Waals surface area contributed by atoms with E-state index in [-0.39, 0.29) is 0 Å². The first kappa shape index (κ1) is 63.1. The van der Waals surface area contributed by atoms with Crippen molar-refractivity contribution in [3.63, 3.8) is 0 Å². The Bertz CT molecular complexity index is 4590. The van der Waals surface area contributed by atoms with Crippen molar-refractivity contribution in [2.24, 2.45) is 30.0 Å². The highest BCUT2D eigenvalue weighted by atomic mass is 14.9. The molecule has 0 unspecified atom stereocenters. The van der Waals surface area contributed by atoms with Gasteiger partial charge < -0.3 is 0 Å². The molecule has 6 heteroatoms. The molecule has 0 spiro atoms. The van der Waals surface area contributed by atoms with Crippen LogP contribution >= 0.6 is 0 Å². The van der Waals surface area contributed by atoms with Crippen LogP contribution in [0.4, 0.5) is 34.1 Å². The zero-order valence-electron chi connectivity index (χ0n) is 55.8. The minimum Gasteiger partial charge on any atom is -0.245 e. The van der Waals surface area contributed by atoms with Crippen LogP contribution < -0.4 is 0 Å². The average molecular weight is 1300 g/mol. The molecule has 16 aromatic rings. The van der Waals surface area contributed by atoms with Gasteiger partial charge in [-0.15, -0.1) is 0 Å². The molecule has 0 heterocycles. The van der Waals surface area contributed by atoms with Crippen molar-refractivity contribution in [3.05, 3.63) is 467 Å². The van der Waals surface area contributed by atoms with Gasteiger partial charge >= 0.3 is 0 Å². The molecule has 16 rings (SSSR count). The number of aliphatic imine (C=N–C) groups is 6. The number of benzene rings is 16. The lowest BCUT2D eigenvalue weighted by molar-refractivity contribution is 1.42. The molecule has 6 nitrogen and oxygen atoms in total. The van der Waals surface area contributed by atoms with E-state index in [2.05, 4.69) is 328 Å². The van der Waals surface area contributed by atoms with E-state index in [4.69, 9.17) is 30.0 Å². The van der Waals surface area contributed by atoms with Crippen molar-refractivity contribution in [3.8, 4) is 0 Å². The standard InChI is InChI=1S/C96H66N6/c1-13-37-67(38-14-1)91(68-39-15-2-16-40-68)97-85-61-79-80(62-86(85)98-92(69-41-17-3-18-42-69)70-43-19-4-20-44-70)82-64-88(100-94(73-49-25-7-26-50-73)74-51-27-8-28-52-74)90(102-96(77-57-33-11-34-58-77)78-59-35-12-36-60-78)66-84(82)83-65-89(101-95(75-53-29-9-30-54-75)76-55-31-10-32-56-76)87(63-81(79)83)99-93(71-45-21-5-22-46-71)72-47-23-6-24-48-72/h1-66H. The Kier molecular flexibility index (Phi) is 18.3. The van der Waals surface area contributed by atoms with Gasteiger partial charge in [-0.25, -0.2) is 30.0 Å². The molecule has 102 heavy (non-hydrogen) atoms. The van der Waals surface area contributed by atoms with Crippen LogP contribution in [0.25, 0.3) is 32.3 Å². The van der Waals surface area contributed by atoms with Gasteiger partial charge in [0, 0.05) is 66.8 Å². The van der Waals surface area contributed by atoms with Crippen LogP contribution in [-0.2, 0) is 0 Å². The second kappa shape index (κ2) is 29.6. The van der Waals surface area contributed by atoms with Gasteiger partial charge in [-0.05, 0) is 68.7 Å². The second-order valence-corrected chi connectivity index (χ2v) is 24.8. The summed E-state index contributed by atoms with van der Waals surface area (Å²) in [6.45, 7) is 0. The van der Waals surface area contributed by atoms with Crippen molar-refractivity contribution >= 4 is 101 Å². The first-order chi connectivity index (χ1) is 50.6. The summed E-state index contributed by atoms with van der Waals surface area (Å²) in [7, 11) is 0. The van der Waals surface area contributed by atoms with Gasteiger partial charge in [-0.2, -0.15) is 0 Å². The summed E-state index contributed by atoms with van der Waals surface area (Å²) in [5.41, 5.74) is 20.3. The van der Waals surface area contributed by atoms with Crippen molar-refractivity contribution in [1.82, 2.24) is 0 Å². The summed E-state index contributed by atoms with van der Waals surface area (Å²) >= 11 is 0. The number of rotatable bonds is 18. The highest BCUT2D eigenvalue weighted by Crippen LogP contribution is 2.49. The van der Waals surface area contributed by atoms with E-state index >= 15 is 0 Å². The third-order valence-corrected chi connectivity index (χ3v) is 18.2. The molecule has 0 bridgehead atoms. The lowest BCUT2D eigenvalue weighted by atomic mass is 9.91. The highest BCUT2D eigenvalue weighted by Gasteiger charge is 2.23. The Morgan fingerprint density at radius 1 is 0.118 bits per heavy atom. The normalized spacial score (nSPS) is 10.9. The Morgan fingerprint density at radius 3 is 0.294 bits per heavy atom. The molecule has 16 aromatic carbocycles. The molecular weight excluding hydrogens is 1240 g/mol. The van der Waals surface area contributed by atoms with E-state index in [0.29, 0.717) is 34.1 Å². The molecule has 0 aliphatic heterocycles. The zero-order valence-corrected chi connectivity index (χ0v) is 55.8. The van der Waals surface area contributed by atoms with Gasteiger partial charge in [-0.3, -0.25) is 0 Å². The van der Waals surface area contributed by atoms with Crippen LogP contribution in [0.1, 0.15) is 66.8 Å². The van der Waals surface area contributed by atoms with E-state index in [1.807, 2.05) is 72.8 Å². The Morgan fingerprint density at radius 2 is 0.206 bits per heavy atom. The predicted octanol–water partition coefficient (Wildman–Crippen LogP) is 24.2. The first-order valence-corrected chi connectivity index (χ1v) is 34.3. The van der Waals surface area contributed by atoms with Crippen LogP contribution in [0.3, 0.4) is 0 Å². The molecule has 0 aromatic heterocycles. The summed E-state index contributed by atoms with van der Waals surface area (Å²) in [5, 5.41) is 5.52. The molecule has 0 saturated heterocycles. The number of hydrogen-bond donors (Lipinski definition) is 0. The first-order valence-electron chi connectivity index (χ1n) is 34.3. The SMILES string of the molecule is c1ccc(C(=Nc2cc3c4cc(N=C(c5ccccc5)c5ccccc5)c(N=C(c5ccccc5)c5ccccc5)cc4c4cc(N=C(c5ccccc5)c5ccccc5)c(N=C(c5ccccc5)c5ccccc5)cc4c3cc2N=C(c2ccccc2)c2ccccc2)c2ccccc2)cc1. The fourth-order valence-corrected chi connectivity index (χ4v) is 13.3. The van der Waals surface area contributed by atoms with Gasteiger partial charge in [0.25, 0.3) is 0 Å². The van der Waals surface area contributed by atoms with Crippen LogP contribution in [0, 0.1) is 0 Å². The Balaban J connectivity index is 1.12. The van der Waals surface area contributed by atoms with Crippen molar-refractivity contribution in [1.29, 1.82) is 0 Å². The van der Waals surface area contributed by atoms with Crippen molar-refractivity contribution in [2.45, 2.75) is 0 Å². The largest absolute Gasteiger partial charge is 0.245 e. The van der Waals surface area contributed by atoms with Crippen LogP contribution in [-0.4, -0.2) is 34.3 Å². The van der Waals surface area contributed by atoms with E-state index in [0.717, 1.165) is 133 Å². The molecule has 0 radical (unpaired) electrons. The van der Waals surface area contributed by atoms with Crippen LogP contribution in [0.15, 0.2) is 430 Å². The molecule has 0 atom stereocenters. The number of nitrogens with zero attached hydrogens (tertiary/aromatic N) is 6. The highest BCUT2D eigenvalue weighted by molar-refractivity contribution is 6.30. The Labute approximate surface area is 594 Å². The molecule has 480 valence electrons. The third kappa shape index (κ3) is 13.7. The molecule has 0 N–H and O–H groups in total. The molecule has 0 amide bonds. The van der Waals surface area contributed by atoms with Crippen LogP contribution in [0.2, 0.25) is 0 Å². The van der Waals surface area contributed by atoms with E-state index in [1.165, 1.54) is 0 Å². The lowest BCUT2D eigenvalue weighted by Gasteiger charge is -2.18. The lowest BCUT2D eigenvalue weighted by Crippen LogP contribution is -2.04. The van der Waals surface area contributed by atoms with Gasteiger partial charge in [0.2, 0.25) is 0 Å². The summed E-state index contributed by atoms with van der Waals surface area (Å²) in [6, 6.07) is 139. The predicted molar refractivity (Wildman–Crippen MR) is 428 cm³/mol. The fraction of sp³-hybridized carbons (Fsp3) is 0. The molecular formula is C96H66N6. The van der Waals surface area contributed by atoms with Crippen molar-refractivity contribution in [2.75, 3.05) is 0 Å². The van der Waals surface area contributed by atoms with Crippen LogP contribution in [0.5, 0.6) is 0 Å². The minimum atomic E-state index is 0.664. The number of hydrogen-bond acceptors (Lipinski definition) is 6. The molecule has 0 aliphatic rings. The van der Waals surface area contributed by atoms with Gasteiger partial charge in [0.1, 0.15) is 0 Å². The number of fused-ring (bicyclic) bond motifs is 6. The molecule has 0 aliphatic carbocycles. The Hall–Kier alpha value is -13.7. The van der Waals surface area contributed by atoms with Gasteiger partial charge in [-0.1, -0.05) is 364 Å². The minimum absolute atomic E-state index is 0.664. The van der Waals surface area contributed by atoms with Gasteiger partial charge in [0.05, 0.1) is 68.4 Å². The summed E-state index contributed by atoms with van der Waals surface area (Å²) in [5.74, 6) is 0. The topological polar surface area (TPSA) is 74.2 Å². The summed E-state index contributed by atoms with van der Waals surface area (Å²) in [4.78, 5) is 35.4.